The highest BCUT2D eigenvalue weighted by Gasteiger charge is 2.34. The summed E-state index contributed by atoms with van der Waals surface area (Å²) in [6, 6.07) is 0. The van der Waals surface area contributed by atoms with Crippen molar-refractivity contribution >= 4 is 0 Å². The summed E-state index contributed by atoms with van der Waals surface area (Å²) < 4.78 is 9.91. The number of ether oxygens (including phenoxy) is 2. The average Bonchev–Trinajstić information content (AvgIpc) is 1.96. The Kier molecular flexibility index (Phi) is 2.84. The van der Waals surface area contributed by atoms with Crippen LogP contribution in [0.5, 0.6) is 0 Å². The standard InChI is InChI=1S/C7H14O4/c1-4-7(9)5(10-2)3-6(8)11-4/h4-9H,3H2,1-2H3/t4?,5?,6-,7+/m1/s1. The predicted octanol–water partition coefficient (Wildman–Crippen LogP) is -0.510. The van der Waals surface area contributed by atoms with Crippen molar-refractivity contribution in [3.8, 4) is 0 Å². The predicted molar refractivity (Wildman–Crippen MR) is 38.0 cm³/mol. The van der Waals surface area contributed by atoms with Crippen molar-refractivity contribution in [3.05, 3.63) is 0 Å². The molecule has 0 aromatic heterocycles. The molecule has 11 heavy (non-hydrogen) atoms. The molecule has 1 heterocycles. The lowest BCUT2D eigenvalue weighted by molar-refractivity contribution is -0.231. The molecule has 1 rings (SSSR count). The SMILES string of the molecule is COC1C[C@H](O)OC(C)[C@@H]1O. The average molecular weight is 162 g/mol. The minimum atomic E-state index is -0.807. The minimum absolute atomic E-state index is 0.311. The van der Waals surface area contributed by atoms with Crippen LogP contribution in [-0.4, -0.2) is 41.9 Å². The first-order chi connectivity index (χ1) is 5.15. The fraction of sp³-hybridized carbons (Fsp3) is 1.00. The second-order valence-electron chi connectivity index (χ2n) is 2.80. The molecule has 66 valence electrons. The molecule has 0 spiro atoms. The fourth-order valence-electron chi connectivity index (χ4n) is 1.26. The number of hydrogen-bond acceptors (Lipinski definition) is 4. The van der Waals surface area contributed by atoms with E-state index < -0.39 is 12.4 Å². The van der Waals surface area contributed by atoms with E-state index in [4.69, 9.17) is 14.6 Å². The van der Waals surface area contributed by atoms with Gasteiger partial charge in [-0.3, -0.25) is 0 Å². The van der Waals surface area contributed by atoms with Gasteiger partial charge in [0, 0.05) is 13.5 Å². The Balaban J connectivity index is 2.51. The number of aliphatic hydroxyl groups is 2. The number of aliphatic hydroxyl groups excluding tert-OH is 2. The molecule has 1 fully saturated rings. The number of methoxy groups -OCH3 is 1. The van der Waals surface area contributed by atoms with E-state index in [1.165, 1.54) is 7.11 Å². The van der Waals surface area contributed by atoms with Crippen LogP contribution in [0, 0.1) is 0 Å². The van der Waals surface area contributed by atoms with Crippen molar-refractivity contribution in [1.29, 1.82) is 0 Å². The lowest BCUT2D eigenvalue weighted by Crippen LogP contribution is -2.47. The molecule has 0 radical (unpaired) electrons. The molecule has 0 aliphatic carbocycles. The van der Waals surface area contributed by atoms with E-state index in [-0.39, 0.29) is 12.2 Å². The second-order valence-corrected chi connectivity index (χ2v) is 2.80. The molecule has 0 bridgehead atoms. The summed E-state index contributed by atoms with van der Waals surface area (Å²) in [4.78, 5) is 0. The quantitative estimate of drug-likeness (QED) is 0.545. The molecule has 1 saturated heterocycles. The second kappa shape index (κ2) is 3.49. The summed E-state index contributed by atoms with van der Waals surface area (Å²) in [5.74, 6) is 0. The lowest BCUT2D eigenvalue weighted by atomic mass is 10.0. The normalized spacial score (nSPS) is 45.8. The van der Waals surface area contributed by atoms with Crippen molar-refractivity contribution in [2.75, 3.05) is 7.11 Å². The van der Waals surface area contributed by atoms with Gasteiger partial charge in [0.25, 0.3) is 0 Å². The van der Waals surface area contributed by atoms with Gasteiger partial charge in [0.05, 0.1) is 12.2 Å². The number of rotatable bonds is 1. The summed E-state index contributed by atoms with van der Waals surface area (Å²) in [7, 11) is 1.51. The van der Waals surface area contributed by atoms with E-state index in [0.717, 1.165) is 0 Å². The first kappa shape index (κ1) is 8.93. The molecule has 2 N–H and O–H groups in total. The van der Waals surface area contributed by atoms with Crippen LogP contribution < -0.4 is 0 Å². The Morgan fingerprint density at radius 1 is 1.45 bits per heavy atom. The highest BCUT2D eigenvalue weighted by atomic mass is 16.6. The first-order valence-corrected chi connectivity index (χ1v) is 3.69. The van der Waals surface area contributed by atoms with Gasteiger partial charge in [0.1, 0.15) is 6.10 Å². The van der Waals surface area contributed by atoms with Gasteiger partial charge in [-0.2, -0.15) is 0 Å². The van der Waals surface area contributed by atoms with Crippen molar-refractivity contribution in [2.24, 2.45) is 0 Å². The van der Waals surface area contributed by atoms with Gasteiger partial charge in [-0.15, -0.1) is 0 Å². The summed E-state index contributed by atoms with van der Waals surface area (Å²) in [5.41, 5.74) is 0. The van der Waals surface area contributed by atoms with Crippen LogP contribution >= 0.6 is 0 Å². The van der Waals surface area contributed by atoms with Gasteiger partial charge in [0.15, 0.2) is 6.29 Å². The third-order valence-electron chi connectivity index (χ3n) is 1.97. The maximum absolute atomic E-state index is 9.39. The Morgan fingerprint density at radius 3 is 2.64 bits per heavy atom. The van der Waals surface area contributed by atoms with Crippen LogP contribution in [0.3, 0.4) is 0 Å². The Bertz CT molecular complexity index is 128. The zero-order valence-electron chi connectivity index (χ0n) is 6.73. The molecular formula is C7H14O4. The maximum atomic E-state index is 9.39. The summed E-state index contributed by atoms with van der Waals surface area (Å²) in [6.07, 6.45) is -1.78. The monoisotopic (exact) mass is 162 g/mol. The molecule has 0 aromatic carbocycles. The van der Waals surface area contributed by atoms with Crippen LogP contribution in [0.2, 0.25) is 0 Å². The van der Waals surface area contributed by atoms with Crippen LogP contribution in [-0.2, 0) is 9.47 Å². The number of hydrogen-bond donors (Lipinski definition) is 2. The lowest BCUT2D eigenvalue weighted by Gasteiger charge is -2.34. The van der Waals surface area contributed by atoms with E-state index in [9.17, 15) is 5.11 Å². The van der Waals surface area contributed by atoms with E-state index in [1.54, 1.807) is 6.92 Å². The summed E-state index contributed by atoms with van der Waals surface area (Å²) in [6.45, 7) is 1.71. The summed E-state index contributed by atoms with van der Waals surface area (Å²) >= 11 is 0. The minimum Gasteiger partial charge on any atom is -0.388 e. The largest absolute Gasteiger partial charge is 0.388 e. The third kappa shape index (κ3) is 1.90. The van der Waals surface area contributed by atoms with Crippen molar-refractivity contribution in [3.63, 3.8) is 0 Å². The summed E-state index contributed by atoms with van der Waals surface area (Å²) in [5, 5.41) is 18.5. The van der Waals surface area contributed by atoms with Crippen LogP contribution in [0.1, 0.15) is 13.3 Å². The molecular weight excluding hydrogens is 148 g/mol. The Hall–Kier alpha value is -0.160. The van der Waals surface area contributed by atoms with E-state index in [1.807, 2.05) is 0 Å². The molecule has 2 unspecified atom stereocenters. The molecule has 1 aliphatic heterocycles. The zero-order valence-corrected chi connectivity index (χ0v) is 6.73. The smallest absolute Gasteiger partial charge is 0.157 e. The van der Waals surface area contributed by atoms with Crippen LogP contribution in [0.15, 0.2) is 0 Å². The molecule has 4 nitrogen and oxygen atoms in total. The third-order valence-corrected chi connectivity index (χ3v) is 1.97. The van der Waals surface area contributed by atoms with E-state index in [0.29, 0.717) is 6.42 Å². The van der Waals surface area contributed by atoms with Gasteiger partial charge in [-0.1, -0.05) is 0 Å². The van der Waals surface area contributed by atoms with Crippen molar-refractivity contribution < 1.29 is 19.7 Å². The Morgan fingerprint density at radius 2 is 2.09 bits per heavy atom. The van der Waals surface area contributed by atoms with E-state index >= 15 is 0 Å². The van der Waals surface area contributed by atoms with Gasteiger partial charge < -0.3 is 19.7 Å². The van der Waals surface area contributed by atoms with Gasteiger partial charge in [0.2, 0.25) is 0 Å². The van der Waals surface area contributed by atoms with Crippen LogP contribution in [0.25, 0.3) is 0 Å². The van der Waals surface area contributed by atoms with Gasteiger partial charge in [-0.25, -0.2) is 0 Å². The molecule has 0 saturated carbocycles. The molecule has 1 aliphatic rings. The highest BCUT2D eigenvalue weighted by Crippen LogP contribution is 2.20. The first-order valence-electron chi connectivity index (χ1n) is 3.69. The molecule has 4 atom stereocenters. The molecule has 4 heteroatoms. The van der Waals surface area contributed by atoms with Gasteiger partial charge in [-0.05, 0) is 6.92 Å². The maximum Gasteiger partial charge on any atom is 0.157 e. The fourth-order valence-corrected chi connectivity index (χ4v) is 1.26. The Labute approximate surface area is 65.7 Å². The van der Waals surface area contributed by atoms with E-state index in [2.05, 4.69) is 0 Å². The topological polar surface area (TPSA) is 58.9 Å². The van der Waals surface area contributed by atoms with Crippen molar-refractivity contribution in [1.82, 2.24) is 0 Å². The molecule has 0 aromatic rings. The van der Waals surface area contributed by atoms with Crippen molar-refractivity contribution in [2.45, 2.75) is 37.9 Å². The van der Waals surface area contributed by atoms with Crippen LogP contribution in [0.4, 0.5) is 0 Å². The highest BCUT2D eigenvalue weighted by molar-refractivity contribution is 4.80. The van der Waals surface area contributed by atoms with Gasteiger partial charge >= 0.3 is 0 Å². The molecule has 0 amide bonds. The zero-order chi connectivity index (χ0) is 8.43.